The molecule has 4 atom stereocenters. The molecule has 1 saturated heterocycles. The Morgan fingerprint density at radius 1 is 1.16 bits per heavy atom. The van der Waals surface area contributed by atoms with Gasteiger partial charge in [-0.1, -0.05) is 17.7 Å². The van der Waals surface area contributed by atoms with Gasteiger partial charge >= 0.3 is 0 Å². The third kappa shape index (κ3) is 3.63. The zero-order chi connectivity index (χ0) is 21.8. The molecule has 3 aromatic rings. The number of rotatable bonds is 4. The second-order valence-corrected chi connectivity index (χ2v) is 10.8. The van der Waals surface area contributed by atoms with Crippen LogP contribution in [-0.4, -0.2) is 32.2 Å². The van der Waals surface area contributed by atoms with Crippen LogP contribution in [0.4, 0.5) is 9.39 Å². The number of anilines is 1. The Kier molecular flexibility index (Phi) is 5.22. The molecule has 8 heteroatoms. The SMILES string of the molecule is Cc1cc(N2C[C@H]3CC[C@@H](C2)C3Cc2nc3n(n2)CCCC3c2ccc(F)cc2Cl)sn1. The minimum Gasteiger partial charge on any atom is -0.362 e. The van der Waals surface area contributed by atoms with E-state index in [9.17, 15) is 4.39 Å². The average molecular weight is 472 g/mol. The van der Waals surface area contributed by atoms with Crippen LogP contribution in [0, 0.1) is 30.5 Å². The quantitative estimate of drug-likeness (QED) is 0.506. The lowest BCUT2D eigenvalue weighted by molar-refractivity contribution is 0.266. The lowest BCUT2D eigenvalue weighted by Crippen LogP contribution is -2.42. The van der Waals surface area contributed by atoms with E-state index in [1.165, 1.54) is 30.0 Å². The maximum Gasteiger partial charge on any atom is 0.151 e. The topological polar surface area (TPSA) is 46.8 Å². The Balaban J connectivity index is 1.21. The van der Waals surface area contributed by atoms with Gasteiger partial charge in [0.1, 0.15) is 16.6 Å². The average Bonchev–Trinajstić information content (AvgIpc) is 3.44. The number of hydrogen-bond donors (Lipinski definition) is 0. The number of halogens is 2. The van der Waals surface area contributed by atoms with E-state index in [-0.39, 0.29) is 11.7 Å². The molecule has 1 aliphatic carbocycles. The van der Waals surface area contributed by atoms with Crippen LogP contribution in [0.15, 0.2) is 24.3 Å². The summed E-state index contributed by atoms with van der Waals surface area (Å²) in [4.78, 5) is 7.56. The third-order valence-electron chi connectivity index (χ3n) is 7.63. The molecule has 2 unspecified atom stereocenters. The van der Waals surface area contributed by atoms with E-state index >= 15 is 0 Å². The molecule has 32 heavy (non-hydrogen) atoms. The van der Waals surface area contributed by atoms with Crippen LogP contribution >= 0.6 is 23.1 Å². The van der Waals surface area contributed by atoms with Gasteiger partial charge in [-0.2, -0.15) is 9.47 Å². The maximum atomic E-state index is 13.6. The molecule has 0 radical (unpaired) electrons. The minimum atomic E-state index is -0.299. The first-order valence-electron chi connectivity index (χ1n) is 11.6. The Morgan fingerprint density at radius 3 is 2.69 bits per heavy atom. The summed E-state index contributed by atoms with van der Waals surface area (Å²) in [7, 11) is 0. The molecule has 2 fully saturated rings. The molecule has 2 aromatic heterocycles. The third-order valence-corrected chi connectivity index (χ3v) is 8.90. The van der Waals surface area contributed by atoms with E-state index in [0.29, 0.717) is 22.8 Å². The molecule has 2 aliphatic heterocycles. The van der Waals surface area contributed by atoms with E-state index in [0.717, 1.165) is 61.8 Å². The Hall–Kier alpha value is -1.99. The smallest absolute Gasteiger partial charge is 0.151 e. The highest BCUT2D eigenvalue weighted by molar-refractivity contribution is 7.10. The first-order chi connectivity index (χ1) is 15.5. The van der Waals surface area contributed by atoms with E-state index in [4.69, 9.17) is 21.7 Å². The fraction of sp³-hybridized carbons (Fsp3) is 0.542. The van der Waals surface area contributed by atoms with Gasteiger partial charge in [-0.05, 0) is 85.7 Å². The van der Waals surface area contributed by atoms with Crippen molar-refractivity contribution in [3.63, 3.8) is 0 Å². The molecule has 0 N–H and O–H groups in total. The number of benzene rings is 1. The summed E-state index contributed by atoms with van der Waals surface area (Å²) in [5.41, 5.74) is 2.07. The zero-order valence-electron chi connectivity index (χ0n) is 18.2. The van der Waals surface area contributed by atoms with Crippen molar-refractivity contribution in [2.75, 3.05) is 18.0 Å². The summed E-state index contributed by atoms with van der Waals surface area (Å²) in [5, 5.41) is 6.71. The largest absolute Gasteiger partial charge is 0.362 e. The van der Waals surface area contributed by atoms with Crippen molar-refractivity contribution in [2.24, 2.45) is 17.8 Å². The van der Waals surface area contributed by atoms with E-state index in [1.54, 1.807) is 11.5 Å². The van der Waals surface area contributed by atoms with Gasteiger partial charge in [0.05, 0.1) is 5.69 Å². The van der Waals surface area contributed by atoms with Crippen molar-refractivity contribution in [3.8, 4) is 0 Å². The van der Waals surface area contributed by atoms with Crippen molar-refractivity contribution in [1.82, 2.24) is 19.1 Å². The Labute approximate surface area is 196 Å². The van der Waals surface area contributed by atoms with Gasteiger partial charge in [-0.25, -0.2) is 14.1 Å². The Morgan fingerprint density at radius 2 is 1.97 bits per heavy atom. The molecule has 1 aromatic carbocycles. The highest BCUT2D eigenvalue weighted by Crippen LogP contribution is 2.45. The number of aromatic nitrogens is 4. The van der Waals surface area contributed by atoms with E-state index in [2.05, 4.69) is 26.9 Å². The first-order valence-corrected chi connectivity index (χ1v) is 12.8. The van der Waals surface area contributed by atoms with Crippen LogP contribution in [0.5, 0.6) is 0 Å². The standard InChI is InChI=1S/C24H27ClFN5S/c1-14-9-23(32-29-14)30-12-15-4-5-16(13-30)20(15)11-22-27-24-19(3-2-8-31(24)28-22)18-7-6-17(26)10-21(18)25/h6-7,9-10,15-16,19-20H,2-5,8,11-13H2,1H3/t15-,16+,19?,20?. The normalized spacial score (nSPS) is 27.0. The van der Waals surface area contributed by atoms with Gasteiger partial charge in [-0.15, -0.1) is 0 Å². The zero-order valence-corrected chi connectivity index (χ0v) is 19.7. The summed E-state index contributed by atoms with van der Waals surface area (Å²) in [6.45, 7) is 5.20. The second kappa shape index (κ2) is 8.10. The van der Waals surface area contributed by atoms with Crippen LogP contribution in [0.3, 0.4) is 0 Å². The maximum absolute atomic E-state index is 13.6. The molecule has 168 valence electrons. The van der Waals surface area contributed by atoms with Crippen LogP contribution in [0.2, 0.25) is 5.02 Å². The monoisotopic (exact) mass is 471 g/mol. The lowest BCUT2D eigenvalue weighted by atomic mass is 9.82. The molecule has 1 saturated carbocycles. The fourth-order valence-electron chi connectivity index (χ4n) is 6.12. The van der Waals surface area contributed by atoms with Crippen molar-refractivity contribution >= 4 is 28.1 Å². The molecule has 5 nitrogen and oxygen atoms in total. The van der Waals surface area contributed by atoms with Gasteiger partial charge in [0.25, 0.3) is 0 Å². The molecule has 0 amide bonds. The lowest BCUT2D eigenvalue weighted by Gasteiger charge is -2.38. The number of nitrogens with zero attached hydrogens (tertiary/aromatic N) is 5. The van der Waals surface area contributed by atoms with Crippen LogP contribution < -0.4 is 4.90 Å². The molecule has 3 aliphatic rings. The molecular weight excluding hydrogens is 445 g/mol. The molecule has 2 bridgehead atoms. The summed E-state index contributed by atoms with van der Waals surface area (Å²) >= 11 is 8.02. The number of piperidine rings is 1. The number of aryl methyl sites for hydroxylation is 2. The number of hydrogen-bond acceptors (Lipinski definition) is 5. The van der Waals surface area contributed by atoms with Gasteiger partial charge in [-0.3, -0.25) is 0 Å². The predicted octanol–water partition coefficient (Wildman–Crippen LogP) is 5.47. The highest BCUT2D eigenvalue weighted by atomic mass is 35.5. The van der Waals surface area contributed by atoms with E-state index < -0.39 is 0 Å². The molecule has 6 rings (SSSR count). The van der Waals surface area contributed by atoms with Crippen LogP contribution in [0.1, 0.15) is 54.5 Å². The highest BCUT2D eigenvalue weighted by Gasteiger charge is 2.43. The van der Waals surface area contributed by atoms with Gasteiger partial charge in [0.15, 0.2) is 5.82 Å². The van der Waals surface area contributed by atoms with Crippen LogP contribution in [-0.2, 0) is 13.0 Å². The number of fused-ring (bicyclic) bond motifs is 3. The van der Waals surface area contributed by atoms with Gasteiger partial charge < -0.3 is 4.90 Å². The summed E-state index contributed by atoms with van der Waals surface area (Å²) in [6, 6.07) is 6.93. The first kappa shape index (κ1) is 20.6. The van der Waals surface area contributed by atoms with E-state index in [1.807, 2.05) is 6.07 Å². The van der Waals surface area contributed by atoms with Gasteiger partial charge in [0.2, 0.25) is 0 Å². The van der Waals surface area contributed by atoms with Crippen molar-refractivity contribution < 1.29 is 4.39 Å². The Bertz CT molecular complexity index is 1130. The fourth-order valence-corrected chi connectivity index (χ4v) is 7.20. The van der Waals surface area contributed by atoms with Crippen molar-refractivity contribution in [2.45, 2.75) is 51.5 Å². The summed E-state index contributed by atoms with van der Waals surface area (Å²) < 4.78 is 20.1. The molecule has 4 heterocycles. The summed E-state index contributed by atoms with van der Waals surface area (Å²) in [5.74, 6) is 3.78. The molecular formula is C24H27ClFN5S. The van der Waals surface area contributed by atoms with Crippen LogP contribution in [0.25, 0.3) is 0 Å². The summed E-state index contributed by atoms with van der Waals surface area (Å²) in [6.07, 6.45) is 5.55. The minimum absolute atomic E-state index is 0.0891. The predicted molar refractivity (Wildman–Crippen MR) is 125 cm³/mol. The van der Waals surface area contributed by atoms with Crippen molar-refractivity contribution in [3.05, 3.63) is 58.0 Å². The van der Waals surface area contributed by atoms with Crippen molar-refractivity contribution in [1.29, 1.82) is 0 Å². The second-order valence-electron chi connectivity index (χ2n) is 9.65. The van der Waals surface area contributed by atoms with Gasteiger partial charge in [0, 0.05) is 37.0 Å². The molecule has 0 spiro atoms.